The summed E-state index contributed by atoms with van der Waals surface area (Å²) in [5.74, 6) is 0.0440. The van der Waals surface area contributed by atoms with Crippen LogP contribution in [0.1, 0.15) is 37.4 Å². The average Bonchev–Trinajstić information content (AvgIpc) is 2.89. The third kappa shape index (κ3) is 2.13. The lowest BCUT2D eigenvalue weighted by Crippen LogP contribution is -2.23. The molecule has 0 unspecified atom stereocenters. The lowest BCUT2D eigenvalue weighted by atomic mass is 10.2. The molecule has 6 nitrogen and oxygen atoms in total. The summed E-state index contributed by atoms with van der Waals surface area (Å²) in [7, 11) is 0. The molecule has 0 atom stereocenters. The van der Waals surface area contributed by atoms with E-state index in [1.165, 1.54) is 6.92 Å². The molecule has 0 N–H and O–H groups in total. The van der Waals surface area contributed by atoms with Gasteiger partial charge in [0.05, 0.1) is 5.69 Å². The topological polar surface area (TPSA) is 69.3 Å². The maximum absolute atomic E-state index is 12.8. The van der Waals surface area contributed by atoms with E-state index in [2.05, 4.69) is 9.97 Å². The first kappa shape index (κ1) is 14.2. The Morgan fingerprint density at radius 2 is 2.00 bits per heavy atom. The van der Waals surface area contributed by atoms with E-state index in [9.17, 15) is 9.59 Å². The molecule has 0 aliphatic rings. The summed E-state index contributed by atoms with van der Waals surface area (Å²) in [6.07, 6.45) is 5.01. The van der Waals surface area contributed by atoms with Gasteiger partial charge in [0.15, 0.2) is 11.6 Å². The van der Waals surface area contributed by atoms with Gasteiger partial charge in [0.2, 0.25) is 0 Å². The van der Waals surface area contributed by atoms with Gasteiger partial charge >= 0.3 is 0 Å². The molecule has 0 radical (unpaired) electrons. The summed E-state index contributed by atoms with van der Waals surface area (Å²) in [5.41, 5.74) is 1.20. The highest BCUT2D eigenvalue weighted by molar-refractivity contribution is 5.94. The van der Waals surface area contributed by atoms with Crippen LogP contribution in [0.2, 0.25) is 0 Å². The van der Waals surface area contributed by atoms with Gasteiger partial charge in [-0.05, 0) is 26.0 Å². The van der Waals surface area contributed by atoms with E-state index in [1.54, 1.807) is 39.7 Å². The predicted molar refractivity (Wildman–Crippen MR) is 83.1 cm³/mol. The lowest BCUT2D eigenvalue weighted by Gasteiger charge is -2.10. The van der Waals surface area contributed by atoms with Crippen LogP contribution in [0.4, 0.5) is 0 Å². The SMILES string of the molecule is CC(=O)c1nc(-c2ccccn2)c2c(=O)n(C(C)C)ccn12. The van der Waals surface area contributed by atoms with E-state index < -0.39 is 0 Å². The highest BCUT2D eigenvalue weighted by atomic mass is 16.1. The number of Topliss-reactive ketones (excluding diaryl/α,β-unsaturated/α-hetero) is 1. The Labute approximate surface area is 127 Å². The molecule has 0 amide bonds. The van der Waals surface area contributed by atoms with Crippen molar-refractivity contribution in [1.29, 1.82) is 0 Å². The Hall–Kier alpha value is -2.76. The zero-order chi connectivity index (χ0) is 15.9. The maximum atomic E-state index is 12.8. The molecule has 0 bridgehead atoms. The van der Waals surface area contributed by atoms with Crippen molar-refractivity contribution >= 4 is 11.3 Å². The summed E-state index contributed by atoms with van der Waals surface area (Å²) < 4.78 is 3.17. The van der Waals surface area contributed by atoms with E-state index >= 15 is 0 Å². The first-order valence-electron chi connectivity index (χ1n) is 7.06. The van der Waals surface area contributed by atoms with Crippen LogP contribution in [-0.2, 0) is 0 Å². The van der Waals surface area contributed by atoms with Crippen molar-refractivity contribution in [3.8, 4) is 11.4 Å². The summed E-state index contributed by atoms with van der Waals surface area (Å²) in [5, 5.41) is 0. The zero-order valence-electron chi connectivity index (χ0n) is 12.6. The normalized spacial score (nSPS) is 11.3. The second-order valence-corrected chi connectivity index (χ2v) is 5.38. The molecule has 0 fully saturated rings. The number of hydrogen-bond acceptors (Lipinski definition) is 4. The Morgan fingerprint density at radius 3 is 2.59 bits per heavy atom. The predicted octanol–water partition coefficient (Wildman–Crippen LogP) is 2.34. The molecule has 0 saturated carbocycles. The lowest BCUT2D eigenvalue weighted by molar-refractivity contribution is 0.100. The highest BCUT2D eigenvalue weighted by Crippen LogP contribution is 2.21. The van der Waals surface area contributed by atoms with Gasteiger partial charge in [-0.1, -0.05) is 6.07 Å². The molecular weight excluding hydrogens is 280 g/mol. The minimum atomic E-state index is -0.195. The first-order chi connectivity index (χ1) is 10.5. The Bertz CT molecular complexity index is 907. The number of fused-ring (bicyclic) bond motifs is 1. The maximum Gasteiger partial charge on any atom is 0.277 e. The number of pyridine rings is 1. The average molecular weight is 296 g/mol. The summed E-state index contributed by atoms with van der Waals surface area (Å²) in [6, 6.07) is 5.41. The Kier molecular flexibility index (Phi) is 3.36. The van der Waals surface area contributed by atoms with E-state index in [0.29, 0.717) is 16.9 Å². The molecule has 6 heteroatoms. The third-order valence-electron chi connectivity index (χ3n) is 3.50. The minimum absolute atomic E-state index is 0.0183. The highest BCUT2D eigenvalue weighted by Gasteiger charge is 2.20. The van der Waals surface area contributed by atoms with E-state index in [-0.39, 0.29) is 23.2 Å². The molecule has 0 aliphatic heterocycles. The fourth-order valence-electron chi connectivity index (χ4n) is 2.45. The van der Waals surface area contributed by atoms with Gasteiger partial charge in [-0.25, -0.2) is 4.98 Å². The van der Waals surface area contributed by atoms with Gasteiger partial charge < -0.3 is 4.57 Å². The molecule has 3 aromatic heterocycles. The van der Waals surface area contributed by atoms with Crippen molar-refractivity contribution in [2.24, 2.45) is 0 Å². The summed E-state index contributed by atoms with van der Waals surface area (Å²) in [6.45, 7) is 5.30. The molecule has 3 aromatic rings. The van der Waals surface area contributed by atoms with Crippen molar-refractivity contribution in [2.75, 3.05) is 0 Å². The van der Waals surface area contributed by atoms with Crippen molar-refractivity contribution in [1.82, 2.24) is 18.9 Å². The molecule has 112 valence electrons. The van der Waals surface area contributed by atoms with E-state index in [0.717, 1.165) is 0 Å². The number of aromatic nitrogens is 4. The zero-order valence-corrected chi connectivity index (χ0v) is 12.6. The number of carbonyl (C=O) groups excluding carboxylic acids is 1. The first-order valence-corrected chi connectivity index (χ1v) is 7.06. The minimum Gasteiger partial charge on any atom is -0.310 e. The van der Waals surface area contributed by atoms with Crippen LogP contribution in [0, 0.1) is 0 Å². The second kappa shape index (κ2) is 5.22. The van der Waals surface area contributed by atoms with Gasteiger partial charge in [-0.15, -0.1) is 0 Å². The van der Waals surface area contributed by atoms with Gasteiger partial charge in [-0.3, -0.25) is 19.0 Å². The molecule has 22 heavy (non-hydrogen) atoms. The molecular formula is C16H16N4O2. The molecule has 3 rings (SSSR count). The summed E-state index contributed by atoms with van der Waals surface area (Å²) in [4.78, 5) is 33.2. The number of nitrogens with zero attached hydrogens (tertiary/aromatic N) is 4. The molecule has 3 heterocycles. The van der Waals surface area contributed by atoms with Crippen LogP contribution in [0.15, 0.2) is 41.6 Å². The number of carbonyl (C=O) groups is 1. The van der Waals surface area contributed by atoms with Crippen LogP contribution in [0.3, 0.4) is 0 Å². The fourth-order valence-corrected chi connectivity index (χ4v) is 2.45. The van der Waals surface area contributed by atoms with Crippen LogP contribution in [-0.4, -0.2) is 24.7 Å². The van der Waals surface area contributed by atoms with Crippen molar-refractivity contribution in [3.63, 3.8) is 0 Å². The van der Waals surface area contributed by atoms with E-state index in [4.69, 9.17) is 0 Å². The molecule has 0 saturated heterocycles. The van der Waals surface area contributed by atoms with Crippen LogP contribution >= 0.6 is 0 Å². The van der Waals surface area contributed by atoms with Crippen LogP contribution in [0.25, 0.3) is 16.9 Å². The van der Waals surface area contributed by atoms with Crippen molar-refractivity contribution < 1.29 is 4.79 Å². The van der Waals surface area contributed by atoms with Gasteiger partial charge in [0, 0.05) is 31.6 Å². The van der Waals surface area contributed by atoms with Crippen molar-refractivity contribution in [2.45, 2.75) is 26.8 Å². The Morgan fingerprint density at radius 1 is 1.23 bits per heavy atom. The second-order valence-electron chi connectivity index (χ2n) is 5.38. The monoisotopic (exact) mass is 296 g/mol. The molecule has 0 spiro atoms. The van der Waals surface area contributed by atoms with Crippen LogP contribution < -0.4 is 5.56 Å². The standard InChI is InChI=1S/C16H16N4O2/c1-10(2)19-8-9-20-14(16(19)22)13(18-15(20)11(3)21)12-6-4-5-7-17-12/h4-10H,1-3H3. The number of imidazole rings is 1. The molecule has 0 aliphatic carbocycles. The van der Waals surface area contributed by atoms with Gasteiger partial charge in [0.1, 0.15) is 11.2 Å². The number of hydrogen-bond donors (Lipinski definition) is 0. The van der Waals surface area contributed by atoms with Gasteiger partial charge in [0.25, 0.3) is 5.56 Å². The quantitative estimate of drug-likeness (QED) is 0.696. The summed E-state index contributed by atoms with van der Waals surface area (Å²) >= 11 is 0. The molecule has 0 aromatic carbocycles. The third-order valence-corrected chi connectivity index (χ3v) is 3.50. The largest absolute Gasteiger partial charge is 0.310 e. The smallest absolute Gasteiger partial charge is 0.277 e. The van der Waals surface area contributed by atoms with Crippen LogP contribution in [0.5, 0.6) is 0 Å². The number of rotatable bonds is 3. The number of ketones is 1. The fraction of sp³-hybridized carbons (Fsp3) is 0.250. The van der Waals surface area contributed by atoms with Gasteiger partial charge in [-0.2, -0.15) is 0 Å². The Balaban J connectivity index is 2.44. The van der Waals surface area contributed by atoms with E-state index in [1.807, 2.05) is 19.9 Å². The van der Waals surface area contributed by atoms with Crippen molar-refractivity contribution in [3.05, 3.63) is 53.0 Å².